The number of anilines is 1. The van der Waals surface area contributed by atoms with Gasteiger partial charge in [0.05, 0.1) is 6.54 Å². The summed E-state index contributed by atoms with van der Waals surface area (Å²) < 4.78 is 0. The van der Waals surface area contributed by atoms with Gasteiger partial charge in [-0.15, -0.1) is 24.0 Å². The first kappa shape index (κ1) is 24.9. The monoisotopic (exact) mass is 556 g/mol. The molecule has 0 spiro atoms. The van der Waals surface area contributed by atoms with Crippen molar-refractivity contribution in [1.82, 2.24) is 30.0 Å². The molecule has 10 heteroatoms. The van der Waals surface area contributed by atoms with E-state index in [1.54, 1.807) is 12.4 Å². The number of aromatic nitrogens is 2. The SMILES string of the molecule is CCNC(=NCCN1CCN(C(=O)C2CCC2)CC1)N1CCN(c2ncccn2)CC1.I. The third kappa shape index (κ3) is 6.43. The molecule has 2 aliphatic heterocycles. The van der Waals surface area contributed by atoms with Crippen LogP contribution in [0.5, 0.6) is 0 Å². The highest BCUT2D eigenvalue weighted by atomic mass is 127. The second-order valence-corrected chi connectivity index (χ2v) is 8.55. The van der Waals surface area contributed by atoms with E-state index in [-0.39, 0.29) is 24.0 Å². The standard InChI is InChI=1S/C22H36N8O.HI/c1-2-23-21(29-15-17-30(18-16-29)22-24-7-4-8-25-22)26-9-10-27-11-13-28(14-12-27)20(31)19-5-3-6-19;/h4,7-8,19H,2-3,5-6,9-18H2,1H3,(H,23,26);1H. The summed E-state index contributed by atoms with van der Waals surface area (Å²) in [6.07, 6.45) is 6.99. The van der Waals surface area contributed by atoms with Crippen molar-refractivity contribution in [2.45, 2.75) is 26.2 Å². The highest BCUT2D eigenvalue weighted by Gasteiger charge is 2.31. The Bertz CT molecular complexity index is 729. The molecule has 0 unspecified atom stereocenters. The van der Waals surface area contributed by atoms with Crippen molar-refractivity contribution in [3.05, 3.63) is 18.5 Å². The van der Waals surface area contributed by atoms with E-state index in [2.05, 4.69) is 41.8 Å². The number of nitrogens with one attached hydrogen (secondary N) is 1. The van der Waals surface area contributed by atoms with Crippen molar-refractivity contribution in [1.29, 1.82) is 0 Å². The number of hydrogen-bond donors (Lipinski definition) is 1. The van der Waals surface area contributed by atoms with Gasteiger partial charge in [-0.1, -0.05) is 6.42 Å². The van der Waals surface area contributed by atoms with E-state index in [4.69, 9.17) is 4.99 Å². The Morgan fingerprint density at radius 2 is 1.69 bits per heavy atom. The molecule has 1 aliphatic carbocycles. The van der Waals surface area contributed by atoms with E-state index in [9.17, 15) is 4.79 Å². The molecule has 1 aromatic rings. The number of carbonyl (C=O) groups excluding carboxylic acids is 1. The number of nitrogens with zero attached hydrogens (tertiary/aromatic N) is 7. The molecular weight excluding hydrogens is 519 g/mol. The van der Waals surface area contributed by atoms with Crippen LogP contribution >= 0.6 is 24.0 Å². The number of piperazine rings is 2. The molecule has 0 aromatic carbocycles. The Hall–Kier alpha value is -1.69. The first-order chi connectivity index (χ1) is 15.2. The number of guanidine groups is 1. The lowest BCUT2D eigenvalue weighted by molar-refractivity contribution is -0.139. The molecule has 2 saturated heterocycles. The van der Waals surface area contributed by atoms with Crippen LogP contribution in [0.2, 0.25) is 0 Å². The lowest BCUT2D eigenvalue weighted by Crippen LogP contribution is -2.53. The van der Waals surface area contributed by atoms with Crippen LogP contribution in [0.25, 0.3) is 0 Å². The van der Waals surface area contributed by atoms with Crippen molar-refractivity contribution in [2.24, 2.45) is 10.9 Å². The maximum atomic E-state index is 12.4. The van der Waals surface area contributed by atoms with Crippen molar-refractivity contribution in [3.8, 4) is 0 Å². The molecule has 1 amide bonds. The minimum atomic E-state index is 0. The largest absolute Gasteiger partial charge is 0.357 e. The molecule has 0 bridgehead atoms. The number of rotatable bonds is 6. The van der Waals surface area contributed by atoms with Crippen LogP contribution < -0.4 is 10.2 Å². The number of carbonyl (C=O) groups is 1. The van der Waals surface area contributed by atoms with Gasteiger partial charge in [-0.2, -0.15) is 0 Å². The van der Waals surface area contributed by atoms with Gasteiger partial charge in [-0.05, 0) is 25.8 Å². The average Bonchev–Trinajstić information content (AvgIpc) is 2.78. The molecule has 9 nitrogen and oxygen atoms in total. The predicted octanol–water partition coefficient (Wildman–Crippen LogP) is 1.13. The molecule has 3 heterocycles. The number of aliphatic imine (C=N–C) groups is 1. The van der Waals surface area contributed by atoms with Crippen molar-refractivity contribution in [3.63, 3.8) is 0 Å². The first-order valence-electron chi connectivity index (χ1n) is 11.8. The minimum absolute atomic E-state index is 0. The van der Waals surface area contributed by atoms with E-state index in [0.717, 1.165) is 96.7 Å². The van der Waals surface area contributed by atoms with Gasteiger partial charge in [0.2, 0.25) is 11.9 Å². The van der Waals surface area contributed by atoms with Gasteiger partial charge in [0.25, 0.3) is 0 Å². The summed E-state index contributed by atoms with van der Waals surface area (Å²) in [6, 6.07) is 1.85. The Labute approximate surface area is 208 Å². The molecule has 3 fully saturated rings. The summed E-state index contributed by atoms with van der Waals surface area (Å²) in [5, 5.41) is 3.45. The third-order valence-corrected chi connectivity index (χ3v) is 6.57. The maximum Gasteiger partial charge on any atom is 0.225 e. The van der Waals surface area contributed by atoms with Gasteiger partial charge in [0.15, 0.2) is 5.96 Å². The average molecular weight is 556 g/mol. The van der Waals surface area contributed by atoms with Crippen LogP contribution in [0.15, 0.2) is 23.5 Å². The molecule has 1 saturated carbocycles. The van der Waals surface area contributed by atoms with Crippen LogP contribution in [0, 0.1) is 5.92 Å². The third-order valence-electron chi connectivity index (χ3n) is 6.57. The molecule has 178 valence electrons. The van der Waals surface area contributed by atoms with E-state index < -0.39 is 0 Å². The van der Waals surface area contributed by atoms with Gasteiger partial charge >= 0.3 is 0 Å². The van der Waals surface area contributed by atoms with Gasteiger partial charge in [0.1, 0.15) is 0 Å². The molecule has 32 heavy (non-hydrogen) atoms. The van der Waals surface area contributed by atoms with Crippen molar-refractivity contribution < 1.29 is 4.79 Å². The fourth-order valence-corrected chi connectivity index (χ4v) is 4.40. The summed E-state index contributed by atoms with van der Waals surface area (Å²) >= 11 is 0. The van der Waals surface area contributed by atoms with Crippen molar-refractivity contribution in [2.75, 3.05) is 76.9 Å². The Kier molecular flexibility index (Phi) is 9.76. The topological polar surface area (TPSA) is 80.2 Å². The van der Waals surface area contributed by atoms with E-state index in [0.29, 0.717) is 11.8 Å². The highest BCUT2D eigenvalue weighted by Crippen LogP contribution is 2.28. The second kappa shape index (κ2) is 12.5. The van der Waals surface area contributed by atoms with E-state index in [1.165, 1.54) is 6.42 Å². The molecule has 1 aromatic heterocycles. The van der Waals surface area contributed by atoms with Crippen LogP contribution in [-0.4, -0.2) is 109 Å². The van der Waals surface area contributed by atoms with Crippen LogP contribution in [0.4, 0.5) is 5.95 Å². The summed E-state index contributed by atoms with van der Waals surface area (Å²) in [4.78, 5) is 35.1. The van der Waals surface area contributed by atoms with Crippen LogP contribution in [0.1, 0.15) is 26.2 Å². The van der Waals surface area contributed by atoms with Gasteiger partial charge in [-0.3, -0.25) is 14.7 Å². The Morgan fingerprint density at radius 1 is 1.03 bits per heavy atom. The van der Waals surface area contributed by atoms with E-state index >= 15 is 0 Å². The zero-order valence-electron chi connectivity index (χ0n) is 19.2. The van der Waals surface area contributed by atoms with Gasteiger partial charge in [0, 0.05) is 83.8 Å². The molecular formula is C22H37IN8O. The van der Waals surface area contributed by atoms with Crippen LogP contribution in [-0.2, 0) is 4.79 Å². The number of halogens is 1. The summed E-state index contributed by atoms with van der Waals surface area (Å²) in [7, 11) is 0. The number of amides is 1. The molecule has 3 aliphatic rings. The highest BCUT2D eigenvalue weighted by molar-refractivity contribution is 14.0. The summed E-state index contributed by atoms with van der Waals surface area (Å²) in [6.45, 7) is 11.9. The maximum absolute atomic E-state index is 12.4. The lowest BCUT2D eigenvalue weighted by atomic mass is 9.84. The van der Waals surface area contributed by atoms with Gasteiger partial charge < -0.3 is 20.0 Å². The normalized spacial score (nSPS) is 20.5. The predicted molar refractivity (Wildman–Crippen MR) is 138 cm³/mol. The fourth-order valence-electron chi connectivity index (χ4n) is 4.40. The smallest absolute Gasteiger partial charge is 0.225 e. The fraction of sp³-hybridized carbons (Fsp3) is 0.727. The minimum Gasteiger partial charge on any atom is -0.357 e. The molecule has 4 rings (SSSR count). The van der Waals surface area contributed by atoms with E-state index in [1.807, 2.05) is 6.07 Å². The Morgan fingerprint density at radius 3 is 2.28 bits per heavy atom. The van der Waals surface area contributed by atoms with Crippen molar-refractivity contribution >= 4 is 41.8 Å². The lowest BCUT2D eigenvalue weighted by Gasteiger charge is -2.38. The first-order valence-corrected chi connectivity index (χ1v) is 11.8. The Balaban J connectivity index is 0.00000289. The molecule has 1 N–H and O–H groups in total. The summed E-state index contributed by atoms with van der Waals surface area (Å²) in [5.41, 5.74) is 0. The molecule has 0 radical (unpaired) electrons. The quantitative estimate of drug-likeness (QED) is 0.320. The van der Waals surface area contributed by atoms with Gasteiger partial charge in [-0.25, -0.2) is 9.97 Å². The second-order valence-electron chi connectivity index (χ2n) is 8.55. The molecule has 0 atom stereocenters. The van der Waals surface area contributed by atoms with Crippen LogP contribution in [0.3, 0.4) is 0 Å². The summed E-state index contributed by atoms with van der Waals surface area (Å²) in [5.74, 6) is 2.50. The zero-order chi connectivity index (χ0) is 21.5. The zero-order valence-corrected chi connectivity index (χ0v) is 21.5. The number of hydrogen-bond acceptors (Lipinski definition) is 6.